The van der Waals surface area contributed by atoms with Crippen LogP contribution < -0.4 is 10.2 Å². The van der Waals surface area contributed by atoms with Gasteiger partial charge in [-0.2, -0.15) is 5.10 Å². The van der Waals surface area contributed by atoms with Gasteiger partial charge in [0, 0.05) is 9.92 Å². The summed E-state index contributed by atoms with van der Waals surface area (Å²) >= 11 is 19.9. The molecule has 0 spiro atoms. The van der Waals surface area contributed by atoms with E-state index in [0.717, 1.165) is 16.0 Å². The van der Waals surface area contributed by atoms with Gasteiger partial charge in [-0.05, 0) is 54.4 Å². The summed E-state index contributed by atoms with van der Waals surface area (Å²) in [5, 5.41) is 5.35. The molecule has 8 heteroatoms. The molecular formula is C23H19Cl3N2O2S. The zero-order chi connectivity index (χ0) is 22.2. The second-order valence-corrected chi connectivity index (χ2v) is 8.93. The molecular weight excluding hydrogens is 475 g/mol. The maximum atomic E-state index is 12.0. The molecule has 0 aliphatic heterocycles. The number of carbonyl (C=O) groups is 1. The van der Waals surface area contributed by atoms with Gasteiger partial charge in [0.1, 0.15) is 6.61 Å². The molecule has 1 amide bonds. The molecule has 0 saturated carbocycles. The van der Waals surface area contributed by atoms with Crippen LogP contribution in [-0.4, -0.2) is 17.9 Å². The molecule has 0 radical (unpaired) electrons. The van der Waals surface area contributed by atoms with Gasteiger partial charge in [0.05, 0.1) is 22.0 Å². The Labute approximate surface area is 200 Å². The van der Waals surface area contributed by atoms with Crippen molar-refractivity contribution in [2.45, 2.75) is 18.4 Å². The van der Waals surface area contributed by atoms with Crippen molar-refractivity contribution in [1.29, 1.82) is 0 Å². The first-order chi connectivity index (χ1) is 14.9. The van der Waals surface area contributed by atoms with Crippen molar-refractivity contribution in [3.8, 4) is 5.75 Å². The number of nitrogens with zero attached hydrogens (tertiary/aromatic N) is 1. The number of hydrogen-bond donors (Lipinski definition) is 1. The number of halogens is 3. The molecule has 4 nitrogen and oxygen atoms in total. The van der Waals surface area contributed by atoms with Crippen LogP contribution in [0.25, 0.3) is 0 Å². The van der Waals surface area contributed by atoms with E-state index in [4.69, 9.17) is 39.5 Å². The highest BCUT2D eigenvalue weighted by molar-refractivity contribution is 8.00. The molecule has 0 heterocycles. The summed E-state index contributed by atoms with van der Waals surface area (Å²) in [6.45, 7) is 2.38. The van der Waals surface area contributed by atoms with Crippen LogP contribution in [0.15, 0.2) is 70.7 Å². The van der Waals surface area contributed by atoms with E-state index in [0.29, 0.717) is 33.0 Å². The lowest BCUT2D eigenvalue weighted by molar-refractivity contribution is -0.118. The molecule has 3 aromatic rings. The molecule has 0 aliphatic carbocycles. The van der Waals surface area contributed by atoms with E-state index in [9.17, 15) is 4.79 Å². The number of aryl methyl sites for hydroxylation is 1. The van der Waals surface area contributed by atoms with E-state index < -0.39 is 0 Å². The molecule has 0 atom stereocenters. The second-order valence-electron chi connectivity index (χ2n) is 6.63. The number of hydrazone groups is 1. The SMILES string of the molecule is Cc1cccc(COc2c(Cl)cc(/C=N\NC(=O)CSc3ccc(Cl)cc3)cc2Cl)c1. The third kappa shape index (κ3) is 7.47. The first-order valence-corrected chi connectivity index (χ1v) is 11.4. The van der Waals surface area contributed by atoms with Gasteiger partial charge < -0.3 is 4.74 Å². The Kier molecular flexibility index (Phi) is 8.67. The van der Waals surface area contributed by atoms with Crippen molar-refractivity contribution in [2.75, 3.05) is 5.75 Å². The van der Waals surface area contributed by atoms with Gasteiger partial charge >= 0.3 is 0 Å². The average Bonchev–Trinajstić information content (AvgIpc) is 2.73. The number of carbonyl (C=O) groups excluding carboxylic acids is 1. The minimum atomic E-state index is -0.230. The van der Waals surface area contributed by atoms with Crippen LogP contribution in [0.5, 0.6) is 5.75 Å². The van der Waals surface area contributed by atoms with Crippen LogP contribution in [0.1, 0.15) is 16.7 Å². The van der Waals surface area contributed by atoms with Gasteiger partial charge in [-0.3, -0.25) is 4.79 Å². The van der Waals surface area contributed by atoms with Gasteiger partial charge in [-0.15, -0.1) is 11.8 Å². The molecule has 0 fully saturated rings. The van der Waals surface area contributed by atoms with Crippen LogP contribution >= 0.6 is 46.6 Å². The summed E-state index contributed by atoms with van der Waals surface area (Å²) in [4.78, 5) is 12.9. The molecule has 3 rings (SSSR count). The highest BCUT2D eigenvalue weighted by atomic mass is 35.5. The van der Waals surface area contributed by atoms with E-state index in [1.807, 2.05) is 43.3 Å². The Morgan fingerprint density at radius 3 is 2.45 bits per heavy atom. The summed E-state index contributed by atoms with van der Waals surface area (Å²) < 4.78 is 5.80. The molecule has 160 valence electrons. The van der Waals surface area contributed by atoms with E-state index in [1.54, 1.807) is 24.3 Å². The van der Waals surface area contributed by atoms with Gasteiger partial charge in [-0.1, -0.05) is 64.6 Å². The Balaban J connectivity index is 1.53. The van der Waals surface area contributed by atoms with Crippen LogP contribution in [-0.2, 0) is 11.4 Å². The molecule has 0 aliphatic rings. The first-order valence-electron chi connectivity index (χ1n) is 9.28. The summed E-state index contributed by atoms with van der Waals surface area (Å²) in [5.41, 5.74) is 5.30. The second kappa shape index (κ2) is 11.4. The number of benzene rings is 3. The molecule has 3 aromatic carbocycles. The van der Waals surface area contributed by atoms with E-state index in [-0.39, 0.29) is 11.7 Å². The molecule has 31 heavy (non-hydrogen) atoms. The van der Waals surface area contributed by atoms with Crippen molar-refractivity contribution in [3.63, 3.8) is 0 Å². The number of thioether (sulfide) groups is 1. The fourth-order valence-electron chi connectivity index (χ4n) is 2.64. The Morgan fingerprint density at radius 2 is 1.77 bits per heavy atom. The fourth-order valence-corrected chi connectivity index (χ4v) is 4.07. The molecule has 1 N–H and O–H groups in total. The van der Waals surface area contributed by atoms with Crippen molar-refractivity contribution >= 4 is 58.7 Å². The zero-order valence-corrected chi connectivity index (χ0v) is 19.7. The predicted octanol–water partition coefficient (Wildman–Crippen LogP) is 6.78. The van der Waals surface area contributed by atoms with Gasteiger partial charge in [0.15, 0.2) is 5.75 Å². The Hall–Kier alpha value is -2.18. The Morgan fingerprint density at radius 1 is 1.06 bits per heavy atom. The zero-order valence-electron chi connectivity index (χ0n) is 16.6. The molecule has 0 aromatic heterocycles. The highest BCUT2D eigenvalue weighted by Crippen LogP contribution is 2.34. The van der Waals surface area contributed by atoms with Crippen LogP contribution in [0.4, 0.5) is 0 Å². The smallest absolute Gasteiger partial charge is 0.250 e. The number of ether oxygens (including phenoxy) is 1. The average molecular weight is 494 g/mol. The predicted molar refractivity (Wildman–Crippen MR) is 130 cm³/mol. The summed E-state index contributed by atoms with van der Waals surface area (Å²) in [6.07, 6.45) is 1.48. The third-order valence-corrected chi connectivity index (χ3v) is 5.90. The third-order valence-electron chi connectivity index (χ3n) is 4.07. The van der Waals surface area contributed by atoms with E-state index in [1.165, 1.54) is 18.0 Å². The van der Waals surface area contributed by atoms with Gasteiger partial charge in [0.2, 0.25) is 5.91 Å². The molecule has 0 bridgehead atoms. The minimum absolute atomic E-state index is 0.228. The number of amides is 1. The quantitative estimate of drug-likeness (QED) is 0.214. The van der Waals surface area contributed by atoms with E-state index >= 15 is 0 Å². The van der Waals surface area contributed by atoms with Crippen molar-refractivity contribution in [3.05, 3.63) is 92.4 Å². The fraction of sp³-hybridized carbons (Fsp3) is 0.130. The topological polar surface area (TPSA) is 50.7 Å². The van der Waals surface area contributed by atoms with Crippen molar-refractivity contribution in [2.24, 2.45) is 5.10 Å². The lowest BCUT2D eigenvalue weighted by atomic mass is 10.1. The van der Waals surface area contributed by atoms with Crippen LogP contribution in [0.3, 0.4) is 0 Å². The maximum absolute atomic E-state index is 12.0. The summed E-state index contributed by atoms with van der Waals surface area (Å²) in [7, 11) is 0. The normalized spacial score (nSPS) is 11.0. The first kappa shape index (κ1) is 23.5. The number of hydrogen-bond acceptors (Lipinski definition) is 4. The summed E-state index contributed by atoms with van der Waals surface area (Å²) in [5.74, 6) is 0.406. The van der Waals surface area contributed by atoms with Gasteiger partial charge in [-0.25, -0.2) is 5.43 Å². The summed E-state index contributed by atoms with van der Waals surface area (Å²) in [6, 6.07) is 18.6. The lowest BCUT2D eigenvalue weighted by Crippen LogP contribution is -2.19. The largest absolute Gasteiger partial charge is 0.486 e. The highest BCUT2D eigenvalue weighted by Gasteiger charge is 2.10. The Bertz CT molecular complexity index is 1070. The molecule has 0 unspecified atom stereocenters. The maximum Gasteiger partial charge on any atom is 0.250 e. The minimum Gasteiger partial charge on any atom is -0.486 e. The monoisotopic (exact) mass is 492 g/mol. The van der Waals surface area contributed by atoms with Crippen molar-refractivity contribution in [1.82, 2.24) is 5.43 Å². The molecule has 0 saturated heterocycles. The van der Waals surface area contributed by atoms with Crippen molar-refractivity contribution < 1.29 is 9.53 Å². The van der Waals surface area contributed by atoms with E-state index in [2.05, 4.69) is 10.5 Å². The van der Waals surface area contributed by atoms with Crippen LogP contribution in [0, 0.1) is 6.92 Å². The standard InChI is InChI=1S/C23H19Cl3N2O2S/c1-15-3-2-4-16(9-15)13-30-23-20(25)10-17(11-21(23)26)12-27-28-22(29)14-31-19-7-5-18(24)6-8-19/h2-12H,13-14H2,1H3,(H,28,29)/b27-12-. The van der Waals surface area contributed by atoms with Crippen LogP contribution in [0.2, 0.25) is 15.1 Å². The van der Waals surface area contributed by atoms with Gasteiger partial charge in [0.25, 0.3) is 0 Å². The lowest BCUT2D eigenvalue weighted by Gasteiger charge is -2.11. The number of nitrogens with one attached hydrogen (secondary N) is 1. The number of rotatable bonds is 8.